The second kappa shape index (κ2) is 6.66. The summed E-state index contributed by atoms with van der Waals surface area (Å²) in [5.74, 6) is 2.27. The third-order valence-corrected chi connectivity index (χ3v) is 4.86. The molecule has 0 radical (unpaired) electrons. The molecule has 0 atom stereocenters. The Hall–Kier alpha value is -2.70. The fourth-order valence-electron chi connectivity index (χ4n) is 3.28. The molecule has 1 saturated carbocycles. The number of aromatic nitrogens is 5. The van der Waals surface area contributed by atoms with Gasteiger partial charge in [0.2, 0.25) is 5.95 Å². The first-order valence-electron chi connectivity index (χ1n) is 8.72. The Labute approximate surface area is 146 Å². The highest BCUT2D eigenvalue weighted by Crippen LogP contribution is 2.25. The lowest BCUT2D eigenvalue weighted by molar-refractivity contribution is 0.360. The summed E-state index contributed by atoms with van der Waals surface area (Å²) in [6.45, 7) is 2.32. The second-order valence-electron chi connectivity index (χ2n) is 6.70. The minimum absolute atomic E-state index is 0.443. The van der Waals surface area contributed by atoms with Crippen molar-refractivity contribution in [1.82, 2.24) is 25.0 Å². The highest BCUT2D eigenvalue weighted by molar-refractivity contribution is 5.72. The maximum atomic E-state index is 5.20. The number of hydrogen-bond donors (Lipinski definition) is 1. The van der Waals surface area contributed by atoms with E-state index in [0.29, 0.717) is 23.2 Å². The van der Waals surface area contributed by atoms with Gasteiger partial charge in [-0.25, -0.2) is 4.98 Å². The molecule has 7 heteroatoms. The Morgan fingerprint density at radius 2 is 1.88 bits per heavy atom. The van der Waals surface area contributed by atoms with Crippen LogP contribution in [0, 0.1) is 5.92 Å². The first-order valence-corrected chi connectivity index (χ1v) is 8.72. The normalized spacial score (nSPS) is 20.6. The van der Waals surface area contributed by atoms with Gasteiger partial charge in [-0.05, 0) is 55.9 Å². The van der Waals surface area contributed by atoms with Crippen molar-refractivity contribution in [1.29, 1.82) is 0 Å². The predicted octanol–water partition coefficient (Wildman–Crippen LogP) is 3.21. The zero-order valence-corrected chi connectivity index (χ0v) is 14.5. The van der Waals surface area contributed by atoms with E-state index in [-0.39, 0.29) is 0 Å². The maximum Gasteiger partial charge on any atom is 0.225 e. The lowest BCUT2D eigenvalue weighted by Crippen LogP contribution is -2.26. The molecule has 130 valence electrons. The van der Waals surface area contributed by atoms with Gasteiger partial charge >= 0.3 is 0 Å². The summed E-state index contributed by atoms with van der Waals surface area (Å²) < 4.78 is 6.93. The minimum Gasteiger partial charge on any atom is -0.497 e. The van der Waals surface area contributed by atoms with E-state index < -0.39 is 0 Å². The van der Waals surface area contributed by atoms with Gasteiger partial charge in [0.05, 0.1) is 19.0 Å². The molecule has 0 spiro atoms. The van der Waals surface area contributed by atoms with Crippen LogP contribution < -0.4 is 10.1 Å². The Balaban J connectivity index is 1.60. The highest BCUT2D eigenvalue weighted by Gasteiger charge is 2.19. The Kier molecular flexibility index (Phi) is 4.21. The molecule has 0 bridgehead atoms. The first kappa shape index (κ1) is 15.8. The van der Waals surface area contributed by atoms with E-state index in [1.54, 1.807) is 18.0 Å². The van der Waals surface area contributed by atoms with E-state index in [1.165, 1.54) is 25.7 Å². The molecule has 2 heterocycles. The van der Waals surface area contributed by atoms with E-state index in [9.17, 15) is 0 Å². The molecule has 0 saturated heterocycles. The Morgan fingerprint density at radius 3 is 2.60 bits per heavy atom. The maximum absolute atomic E-state index is 5.20. The lowest BCUT2D eigenvalue weighted by atomic mass is 9.87. The van der Waals surface area contributed by atoms with Gasteiger partial charge in [-0.2, -0.15) is 9.67 Å². The molecular weight excluding hydrogens is 316 g/mol. The van der Waals surface area contributed by atoms with Crippen LogP contribution in [0.5, 0.6) is 5.75 Å². The quantitative estimate of drug-likeness (QED) is 0.787. The third-order valence-electron chi connectivity index (χ3n) is 4.86. The number of rotatable bonds is 4. The zero-order chi connectivity index (χ0) is 17.2. The molecule has 25 heavy (non-hydrogen) atoms. The number of benzene rings is 1. The van der Waals surface area contributed by atoms with Crippen LogP contribution in [0.15, 0.2) is 30.5 Å². The molecular formula is C18H22N6O. The summed E-state index contributed by atoms with van der Waals surface area (Å²) in [7, 11) is 1.65. The highest BCUT2D eigenvalue weighted by atomic mass is 16.5. The monoisotopic (exact) mass is 338 g/mol. The smallest absolute Gasteiger partial charge is 0.225 e. The minimum atomic E-state index is 0.443. The molecule has 0 aliphatic heterocycles. The largest absolute Gasteiger partial charge is 0.497 e. The van der Waals surface area contributed by atoms with Gasteiger partial charge in [0.25, 0.3) is 0 Å². The average molecular weight is 338 g/mol. The summed E-state index contributed by atoms with van der Waals surface area (Å²) in [6, 6.07) is 8.10. The van der Waals surface area contributed by atoms with Crippen molar-refractivity contribution >= 4 is 17.1 Å². The van der Waals surface area contributed by atoms with Gasteiger partial charge in [-0.1, -0.05) is 12.1 Å². The number of ether oxygens (including phenoxy) is 1. The number of nitrogens with one attached hydrogen (secondary N) is 1. The van der Waals surface area contributed by atoms with Crippen molar-refractivity contribution in [2.45, 2.75) is 38.6 Å². The summed E-state index contributed by atoms with van der Waals surface area (Å²) in [6.07, 6.45) is 6.57. The topological polar surface area (TPSA) is 77.8 Å². The number of hydrogen-bond acceptors (Lipinski definition) is 6. The molecule has 1 N–H and O–H groups in total. The molecule has 1 aromatic carbocycles. The molecule has 1 fully saturated rings. The SMILES string of the molecule is COc1ccc(-n2nnc3cnc(NC4CCC(C)CC4)nc32)cc1. The lowest BCUT2D eigenvalue weighted by Gasteiger charge is -2.26. The Morgan fingerprint density at radius 1 is 1.12 bits per heavy atom. The van der Waals surface area contributed by atoms with Crippen LogP contribution in [-0.4, -0.2) is 38.1 Å². The van der Waals surface area contributed by atoms with Crippen molar-refractivity contribution in [3.8, 4) is 11.4 Å². The second-order valence-corrected chi connectivity index (χ2v) is 6.70. The van der Waals surface area contributed by atoms with Crippen molar-refractivity contribution in [3.63, 3.8) is 0 Å². The van der Waals surface area contributed by atoms with Gasteiger partial charge in [-0.3, -0.25) is 0 Å². The van der Waals surface area contributed by atoms with Crippen LogP contribution in [0.1, 0.15) is 32.6 Å². The van der Waals surface area contributed by atoms with Gasteiger partial charge in [0.15, 0.2) is 11.2 Å². The van der Waals surface area contributed by atoms with Gasteiger partial charge in [0.1, 0.15) is 5.75 Å². The van der Waals surface area contributed by atoms with E-state index in [1.807, 2.05) is 24.3 Å². The predicted molar refractivity (Wildman–Crippen MR) is 96.0 cm³/mol. The van der Waals surface area contributed by atoms with Crippen LogP contribution in [0.3, 0.4) is 0 Å². The van der Waals surface area contributed by atoms with Crippen LogP contribution in [-0.2, 0) is 0 Å². The van der Waals surface area contributed by atoms with Crippen LogP contribution in [0.2, 0.25) is 0 Å². The summed E-state index contributed by atoms with van der Waals surface area (Å²) >= 11 is 0. The van der Waals surface area contributed by atoms with Crippen molar-refractivity contribution in [2.75, 3.05) is 12.4 Å². The van der Waals surface area contributed by atoms with E-state index in [2.05, 4.69) is 32.5 Å². The Bertz CT molecular complexity index is 852. The van der Waals surface area contributed by atoms with Crippen LogP contribution in [0.4, 0.5) is 5.95 Å². The number of nitrogens with zero attached hydrogens (tertiary/aromatic N) is 5. The third kappa shape index (κ3) is 3.26. The van der Waals surface area contributed by atoms with Crippen molar-refractivity contribution in [3.05, 3.63) is 30.5 Å². The fraction of sp³-hybridized carbons (Fsp3) is 0.444. The summed E-state index contributed by atoms with van der Waals surface area (Å²) in [4.78, 5) is 9.05. The standard InChI is InChI=1S/C18H22N6O/c1-12-3-5-13(6-4-12)20-18-19-11-16-17(21-18)24(23-22-16)14-7-9-15(25-2)10-8-14/h7-13H,3-6H2,1-2H3,(H,19,20,21). The number of fused-ring (bicyclic) bond motifs is 1. The molecule has 2 aromatic heterocycles. The first-order chi connectivity index (χ1) is 12.2. The van der Waals surface area contributed by atoms with E-state index >= 15 is 0 Å². The molecule has 3 aromatic rings. The molecule has 1 aliphatic rings. The van der Waals surface area contributed by atoms with Gasteiger partial charge in [0, 0.05) is 6.04 Å². The fourth-order valence-corrected chi connectivity index (χ4v) is 3.28. The van der Waals surface area contributed by atoms with Gasteiger partial charge < -0.3 is 10.1 Å². The molecule has 7 nitrogen and oxygen atoms in total. The van der Waals surface area contributed by atoms with Crippen molar-refractivity contribution in [2.24, 2.45) is 5.92 Å². The molecule has 0 unspecified atom stereocenters. The molecule has 4 rings (SSSR count). The van der Waals surface area contributed by atoms with Crippen LogP contribution >= 0.6 is 0 Å². The van der Waals surface area contributed by atoms with E-state index in [0.717, 1.165) is 17.4 Å². The molecule has 1 aliphatic carbocycles. The zero-order valence-electron chi connectivity index (χ0n) is 14.5. The summed E-state index contributed by atoms with van der Waals surface area (Å²) in [5.41, 5.74) is 2.27. The number of anilines is 1. The number of methoxy groups -OCH3 is 1. The van der Waals surface area contributed by atoms with Crippen molar-refractivity contribution < 1.29 is 4.74 Å². The summed E-state index contributed by atoms with van der Waals surface area (Å²) in [5, 5.41) is 11.8. The van der Waals surface area contributed by atoms with E-state index in [4.69, 9.17) is 4.74 Å². The van der Waals surface area contributed by atoms with Gasteiger partial charge in [-0.15, -0.1) is 5.10 Å². The average Bonchev–Trinajstić information content (AvgIpc) is 3.07. The van der Waals surface area contributed by atoms with Crippen LogP contribution in [0.25, 0.3) is 16.9 Å². The molecule has 0 amide bonds.